The molecule has 0 spiro atoms. The van der Waals surface area contributed by atoms with Gasteiger partial charge in [-0.05, 0) is 48.9 Å². The topological polar surface area (TPSA) is 102 Å². The van der Waals surface area contributed by atoms with Crippen molar-refractivity contribution >= 4 is 16.1 Å². The molecule has 1 aromatic carbocycles. The largest absolute Gasteiger partial charge is 0.334 e. The quantitative estimate of drug-likeness (QED) is 0.795. The number of nitrogens with one attached hydrogen (secondary N) is 2. The summed E-state index contributed by atoms with van der Waals surface area (Å²) >= 11 is 0. The summed E-state index contributed by atoms with van der Waals surface area (Å²) in [6.07, 6.45) is 4.80. The lowest BCUT2D eigenvalue weighted by atomic mass is 10.0. The highest BCUT2D eigenvalue weighted by molar-refractivity contribution is 7.88. The fourth-order valence-corrected chi connectivity index (χ4v) is 3.32. The average Bonchev–Trinajstić information content (AvgIpc) is 2.60. The maximum absolute atomic E-state index is 12.2. The Bertz CT molecular complexity index is 750. The van der Waals surface area contributed by atoms with Gasteiger partial charge < -0.3 is 10.2 Å². The van der Waals surface area contributed by atoms with Crippen LogP contribution in [0.15, 0.2) is 18.2 Å². The molecule has 2 rings (SSSR count). The van der Waals surface area contributed by atoms with Gasteiger partial charge in [-0.2, -0.15) is 5.26 Å². The highest BCUT2D eigenvalue weighted by Gasteiger charge is 2.16. The molecule has 0 bridgehead atoms. The first kappa shape index (κ1) is 19.2. The minimum Gasteiger partial charge on any atom is -0.334 e. The third kappa shape index (κ3) is 6.36. The molecule has 1 aliphatic rings. The van der Waals surface area contributed by atoms with Crippen LogP contribution in [0.4, 0.5) is 4.79 Å². The minimum absolute atomic E-state index is 0.0794. The van der Waals surface area contributed by atoms with Crippen molar-refractivity contribution in [1.29, 1.82) is 5.26 Å². The fourth-order valence-electron chi connectivity index (χ4n) is 2.85. The van der Waals surface area contributed by atoms with Crippen LogP contribution in [-0.4, -0.2) is 45.2 Å². The summed E-state index contributed by atoms with van der Waals surface area (Å²) in [5.41, 5.74) is 2.26. The molecule has 25 heavy (non-hydrogen) atoms. The van der Waals surface area contributed by atoms with Crippen LogP contribution in [-0.2, 0) is 23.0 Å². The molecule has 0 radical (unpaired) electrons. The van der Waals surface area contributed by atoms with E-state index in [0.717, 1.165) is 49.7 Å². The number of rotatable bonds is 6. The molecule has 0 unspecified atom stereocenters. The Kier molecular flexibility index (Phi) is 6.79. The monoisotopic (exact) mass is 364 g/mol. The molecular formula is C17H24N4O3S. The zero-order valence-corrected chi connectivity index (χ0v) is 15.2. The zero-order valence-electron chi connectivity index (χ0n) is 14.4. The predicted octanol–water partition coefficient (Wildman–Crippen LogP) is 1.35. The lowest BCUT2D eigenvalue weighted by molar-refractivity contribution is 0.186. The molecule has 2 amide bonds. The molecule has 7 nitrogen and oxygen atoms in total. The van der Waals surface area contributed by atoms with Gasteiger partial charge in [0.25, 0.3) is 0 Å². The summed E-state index contributed by atoms with van der Waals surface area (Å²) in [5.74, 6) is 0. The number of nitrogens with zero attached hydrogens (tertiary/aromatic N) is 2. The first-order valence-corrected chi connectivity index (χ1v) is 10.3. The van der Waals surface area contributed by atoms with E-state index >= 15 is 0 Å². The average molecular weight is 364 g/mol. The smallest absolute Gasteiger partial charge is 0.317 e. The third-order valence-corrected chi connectivity index (χ3v) is 4.90. The van der Waals surface area contributed by atoms with Crippen LogP contribution in [0.25, 0.3) is 0 Å². The second-order valence-electron chi connectivity index (χ2n) is 6.22. The number of urea groups is 1. The van der Waals surface area contributed by atoms with Gasteiger partial charge in [0.2, 0.25) is 10.0 Å². The van der Waals surface area contributed by atoms with Crippen molar-refractivity contribution in [2.24, 2.45) is 0 Å². The molecule has 1 aromatic rings. The summed E-state index contributed by atoms with van der Waals surface area (Å²) in [7, 11) is -3.25. The Balaban J connectivity index is 2.00. The molecule has 0 aliphatic carbocycles. The van der Waals surface area contributed by atoms with E-state index < -0.39 is 10.0 Å². The number of hydrogen-bond donors (Lipinski definition) is 2. The van der Waals surface area contributed by atoms with Gasteiger partial charge in [-0.3, -0.25) is 0 Å². The molecule has 0 atom stereocenters. The highest BCUT2D eigenvalue weighted by atomic mass is 32.2. The summed E-state index contributed by atoms with van der Waals surface area (Å²) < 4.78 is 24.8. The van der Waals surface area contributed by atoms with Crippen LogP contribution >= 0.6 is 0 Å². The minimum atomic E-state index is -3.25. The molecule has 1 heterocycles. The van der Waals surface area contributed by atoms with Crippen LogP contribution in [0.1, 0.15) is 36.0 Å². The standard InChI is InChI=1S/C17H24N4O3S/c1-25(23,24)20-8-7-15-11-14(12-18)5-6-16(15)13-19-17(22)21-9-3-2-4-10-21/h5-6,11,20H,2-4,7-10,13H2,1H3,(H,19,22). The molecule has 1 aliphatic heterocycles. The molecular weight excluding hydrogens is 340 g/mol. The fraction of sp³-hybridized carbons (Fsp3) is 0.529. The number of amides is 2. The Hall–Kier alpha value is -2.11. The third-order valence-electron chi connectivity index (χ3n) is 4.17. The van der Waals surface area contributed by atoms with Gasteiger partial charge in [0.05, 0.1) is 17.9 Å². The number of nitriles is 1. The van der Waals surface area contributed by atoms with Crippen LogP contribution in [0, 0.1) is 11.3 Å². The van der Waals surface area contributed by atoms with Gasteiger partial charge >= 0.3 is 6.03 Å². The number of benzene rings is 1. The Morgan fingerprint density at radius 1 is 1.24 bits per heavy atom. The number of carbonyl (C=O) groups excluding carboxylic acids is 1. The van der Waals surface area contributed by atoms with Gasteiger partial charge in [0, 0.05) is 26.2 Å². The van der Waals surface area contributed by atoms with E-state index in [-0.39, 0.29) is 12.6 Å². The van der Waals surface area contributed by atoms with E-state index in [0.29, 0.717) is 18.5 Å². The number of likely N-dealkylation sites (tertiary alicyclic amines) is 1. The summed E-state index contributed by atoms with van der Waals surface area (Å²) in [5, 5.41) is 12.0. The lowest BCUT2D eigenvalue weighted by Gasteiger charge is -2.27. The first-order chi connectivity index (χ1) is 11.9. The number of sulfonamides is 1. The second kappa shape index (κ2) is 8.83. The van der Waals surface area contributed by atoms with Crippen molar-refractivity contribution in [2.45, 2.75) is 32.2 Å². The maximum atomic E-state index is 12.2. The summed E-state index contributed by atoms with van der Waals surface area (Å²) in [6.45, 7) is 2.17. The Morgan fingerprint density at radius 2 is 1.96 bits per heavy atom. The van der Waals surface area contributed by atoms with Gasteiger partial charge in [-0.1, -0.05) is 6.07 Å². The van der Waals surface area contributed by atoms with E-state index in [4.69, 9.17) is 5.26 Å². The lowest BCUT2D eigenvalue weighted by Crippen LogP contribution is -2.42. The predicted molar refractivity (Wildman–Crippen MR) is 95.4 cm³/mol. The molecule has 8 heteroatoms. The summed E-state index contributed by atoms with van der Waals surface area (Å²) in [6, 6.07) is 7.26. The van der Waals surface area contributed by atoms with E-state index in [1.54, 1.807) is 12.1 Å². The van der Waals surface area contributed by atoms with Crippen molar-refractivity contribution in [1.82, 2.24) is 14.9 Å². The molecule has 0 saturated carbocycles. The number of carbonyl (C=O) groups is 1. The van der Waals surface area contributed by atoms with Crippen molar-refractivity contribution < 1.29 is 13.2 Å². The van der Waals surface area contributed by atoms with Gasteiger partial charge in [-0.25, -0.2) is 17.9 Å². The van der Waals surface area contributed by atoms with Gasteiger partial charge in [-0.15, -0.1) is 0 Å². The van der Waals surface area contributed by atoms with Gasteiger partial charge in [0.1, 0.15) is 0 Å². The van der Waals surface area contributed by atoms with E-state index in [9.17, 15) is 13.2 Å². The van der Waals surface area contributed by atoms with Crippen LogP contribution in [0.3, 0.4) is 0 Å². The molecule has 1 saturated heterocycles. The Morgan fingerprint density at radius 3 is 2.60 bits per heavy atom. The van der Waals surface area contributed by atoms with Crippen molar-refractivity contribution in [2.75, 3.05) is 25.9 Å². The molecule has 1 fully saturated rings. The van der Waals surface area contributed by atoms with Crippen LogP contribution < -0.4 is 10.0 Å². The van der Waals surface area contributed by atoms with E-state index in [1.807, 2.05) is 11.0 Å². The van der Waals surface area contributed by atoms with Crippen molar-refractivity contribution in [3.8, 4) is 6.07 Å². The first-order valence-electron chi connectivity index (χ1n) is 8.38. The normalized spacial score (nSPS) is 14.8. The number of piperidine rings is 1. The molecule has 2 N–H and O–H groups in total. The number of hydrogen-bond acceptors (Lipinski definition) is 4. The Labute approximate surface area is 149 Å². The van der Waals surface area contributed by atoms with Gasteiger partial charge in [0.15, 0.2) is 0 Å². The maximum Gasteiger partial charge on any atom is 0.317 e. The molecule has 136 valence electrons. The van der Waals surface area contributed by atoms with Crippen molar-refractivity contribution in [3.05, 3.63) is 34.9 Å². The van der Waals surface area contributed by atoms with Crippen LogP contribution in [0.5, 0.6) is 0 Å². The van der Waals surface area contributed by atoms with E-state index in [2.05, 4.69) is 16.1 Å². The highest BCUT2D eigenvalue weighted by Crippen LogP contribution is 2.14. The van der Waals surface area contributed by atoms with Crippen molar-refractivity contribution in [3.63, 3.8) is 0 Å². The second-order valence-corrected chi connectivity index (χ2v) is 8.05. The van der Waals surface area contributed by atoms with Crippen LogP contribution in [0.2, 0.25) is 0 Å². The summed E-state index contributed by atoms with van der Waals surface area (Å²) in [4.78, 5) is 14.0. The zero-order chi connectivity index (χ0) is 18.3. The SMILES string of the molecule is CS(=O)(=O)NCCc1cc(C#N)ccc1CNC(=O)N1CCCCC1. The molecule has 0 aromatic heterocycles. The van der Waals surface area contributed by atoms with E-state index in [1.165, 1.54) is 0 Å².